The van der Waals surface area contributed by atoms with Gasteiger partial charge in [-0.15, -0.1) is 24.0 Å². The highest BCUT2D eigenvalue weighted by Crippen LogP contribution is 2.25. The lowest BCUT2D eigenvalue weighted by molar-refractivity contribution is 0.644. The maximum absolute atomic E-state index is 12.2. The Morgan fingerprint density at radius 3 is 2.85 bits per heavy atom. The third-order valence-electron chi connectivity index (χ3n) is 4.14. The van der Waals surface area contributed by atoms with Gasteiger partial charge >= 0.3 is 0 Å². The Balaban J connectivity index is 0.00000364. The van der Waals surface area contributed by atoms with Crippen molar-refractivity contribution in [3.63, 3.8) is 0 Å². The van der Waals surface area contributed by atoms with Crippen molar-refractivity contribution in [2.75, 3.05) is 36.8 Å². The molecule has 0 aliphatic carbocycles. The van der Waals surface area contributed by atoms with Crippen LogP contribution in [-0.4, -0.2) is 57.9 Å². The summed E-state index contributed by atoms with van der Waals surface area (Å²) in [6.45, 7) is 11.1. The van der Waals surface area contributed by atoms with E-state index in [-0.39, 0.29) is 34.8 Å². The van der Waals surface area contributed by atoms with Gasteiger partial charge in [-0.3, -0.25) is 9.20 Å². The van der Waals surface area contributed by atoms with Crippen molar-refractivity contribution in [3.8, 4) is 0 Å². The van der Waals surface area contributed by atoms with Crippen LogP contribution in [0.1, 0.15) is 34.1 Å². The van der Waals surface area contributed by atoms with Crippen molar-refractivity contribution >= 4 is 58.2 Å². The summed E-state index contributed by atoms with van der Waals surface area (Å²) in [5.74, 6) is 2.18. The molecule has 1 aromatic heterocycles. The highest BCUT2D eigenvalue weighted by atomic mass is 127. The number of rotatable bonds is 6. The molecule has 0 aromatic carbocycles. The van der Waals surface area contributed by atoms with Gasteiger partial charge in [-0.2, -0.15) is 0 Å². The molecule has 0 spiro atoms. The lowest BCUT2D eigenvalue weighted by Gasteiger charge is -2.20. The number of anilines is 1. The van der Waals surface area contributed by atoms with Gasteiger partial charge in [0.05, 0.1) is 11.6 Å². The molecule has 27 heavy (non-hydrogen) atoms. The number of nitrogens with one attached hydrogen (secondary N) is 2. The molecular formula is C18H31ClIN5OS. The Morgan fingerprint density at radius 2 is 2.22 bits per heavy atom. The van der Waals surface area contributed by atoms with Crippen LogP contribution in [0.15, 0.2) is 23.3 Å². The minimum Gasteiger partial charge on any atom is -0.357 e. The summed E-state index contributed by atoms with van der Waals surface area (Å²) in [6.07, 6.45) is 2.76. The van der Waals surface area contributed by atoms with E-state index in [1.165, 1.54) is 0 Å². The number of halogens is 2. The maximum Gasteiger partial charge on any atom is 0.191 e. The van der Waals surface area contributed by atoms with E-state index >= 15 is 0 Å². The van der Waals surface area contributed by atoms with Gasteiger partial charge in [0.1, 0.15) is 5.82 Å². The fourth-order valence-electron chi connectivity index (χ4n) is 2.74. The standard InChI is InChI=1S/C18H30ClN5OS.HI/c1-5-20-17(22-10-12-26(25)18(2,3)4)23-14-8-11-24(13-14)16-15(19)7-6-9-21-16;/h6-7,9,14H,5,8,10-13H2,1-4H3,(H2,20,22,23);1H. The zero-order valence-corrected chi connectivity index (χ0v) is 20.4. The van der Waals surface area contributed by atoms with E-state index < -0.39 is 10.8 Å². The zero-order valence-electron chi connectivity index (χ0n) is 16.5. The van der Waals surface area contributed by atoms with Crippen LogP contribution in [0.4, 0.5) is 5.82 Å². The van der Waals surface area contributed by atoms with Crippen molar-refractivity contribution in [1.82, 2.24) is 15.6 Å². The smallest absolute Gasteiger partial charge is 0.191 e. The van der Waals surface area contributed by atoms with E-state index in [1.54, 1.807) is 6.20 Å². The first-order chi connectivity index (χ1) is 12.3. The van der Waals surface area contributed by atoms with Crippen LogP contribution in [0.3, 0.4) is 0 Å². The molecule has 6 nitrogen and oxygen atoms in total. The first-order valence-electron chi connectivity index (χ1n) is 9.10. The van der Waals surface area contributed by atoms with Crippen molar-refractivity contribution < 1.29 is 4.21 Å². The van der Waals surface area contributed by atoms with Gasteiger partial charge in [0, 0.05) is 53.2 Å². The topological polar surface area (TPSA) is 69.6 Å². The van der Waals surface area contributed by atoms with E-state index in [4.69, 9.17) is 11.6 Å². The zero-order chi connectivity index (χ0) is 19.2. The van der Waals surface area contributed by atoms with Crippen molar-refractivity contribution in [2.45, 2.75) is 44.9 Å². The highest BCUT2D eigenvalue weighted by Gasteiger charge is 2.25. The predicted octanol–water partition coefficient (Wildman–Crippen LogP) is 3.03. The van der Waals surface area contributed by atoms with Crippen molar-refractivity contribution in [1.29, 1.82) is 0 Å². The van der Waals surface area contributed by atoms with Gasteiger partial charge < -0.3 is 15.5 Å². The molecule has 1 aromatic rings. The summed E-state index contributed by atoms with van der Waals surface area (Å²) < 4.78 is 12.0. The summed E-state index contributed by atoms with van der Waals surface area (Å²) in [5, 5.41) is 7.42. The van der Waals surface area contributed by atoms with E-state index in [0.717, 1.165) is 37.8 Å². The fraction of sp³-hybridized carbons (Fsp3) is 0.667. The fourth-order valence-corrected chi connectivity index (χ4v) is 3.85. The van der Waals surface area contributed by atoms with Gasteiger partial charge in [-0.1, -0.05) is 11.6 Å². The molecule has 1 saturated heterocycles. The number of hydrogen-bond acceptors (Lipinski definition) is 4. The van der Waals surface area contributed by atoms with Crippen molar-refractivity contribution in [3.05, 3.63) is 23.4 Å². The maximum atomic E-state index is 12.2. The molecule has 154 valence electrons. The van der Waals surface area contributed by atoms with Crippen LogP contribution in [-0.2, 0) is 10.8 Å². The van der Waals surface area contributed by atoms with E-state index in [9.17, 15) is 4.21 Å². The molecule has 1 aliphatic heterocycles. The van der Waals surface area contributed by atoms with E-state index in [2.05, 4.69) is 25.5 Å². The van der Waals surface area contributed by atoms with Crippen molar-refractivity contribution in [2.24, 2.45) is 4.99 Å². The Morgan fingerprint density at radius 1 is 1.48 bits per heavy atom. The molecule has 1 aliphatic rings. The van der Waals surface area contributed by atoms with Crippen LogP contribution in [0.25, 0.3) is 0 Å². The van der Waals surface area contributed by atoms with Gasteiger partial charge in [0.2, 0.25) is 0 Å². The summed E-state index contributed by atoms with van der Waals surface area (Å²) in [7, 11) is -0.889. The lowest BCUT2D eigenvalue weighted by Crippen LogP contribution is -2.45. The Kier molecular flexibility index (Phi) is 10.3. The number of nitrogens with zero attached hydrogens (tertiary/aromatic N) is 3. The summed E-state index contributed by atoms with van der Waals surface area (Å²) >= 11 is 6.25. The molecule has 2 atom stereocenters. The number of guanidine groups is 1. The van der Waals surface area contributed by atoms with Gasteiger partial charge in [-0.05, 0) is 46.2 Å². The average Bonchev–Trinajstić information content (AvgIpc) is 3.02. The van der Waals surface area contributed by atoms with Crippen LogP contribution in [0, 0.1) is 0 Å². The monoisotopic (exact) mass is 527 g/mol. The second-order valence-corrected chi connectivity index (χ2v) is 10.0. The first kappa shape index (κ1) is 24.4. The largest absolute Gasteiger partial charge is 0.357 e. The molecule has 2 N–H and O–H groups in total. The normalized spacial score (nSPS) is 18.8. The van der Waals surface area contributed by atoms with Crippen LogP contribution in [0.2, 0.25) is 5.02 Å². The number of pyridine rings is 1. The van der Waals surface area contributed by atoms with Gasteiger partial charge in [0.15, 0.2) is 5.96 Å². The van der Waals surface area contributed by atoms with Crippen LogP contribution < -0.4 is 15.5 Å². The Bertz CT molecular complexity index is 653. The molecule has 1 fully saturated rings. The van der Waals surface area contributed by atoms with Gasteiger partial charge in [0.25, 0.3) is 0 Å². The van der Waals surface area contributed by atoms with Crippen LogP contribution >= 0.6 is 35.6 Å². The third kappa shape index (κ3) is 7.73. The molecule has 0 radical (unpaired) electrons. The van der Waals surface area contributed by atoms with E-state index in [1.807, 2.05) is 39.8 Å². The Labute approximate surface area is 187 Å². The minimum absolute atomic E-state index is 0. The number of aliphatic imine (C=N–C) groups is 1. The summed E-state index contributed by atoms with van der Waals surface area (Å²) in [6, 6.07) is 3.99. The number of aromatic nitrogens is 1. The molecule has 0 saturated carbocycles. The van der Waals surface area contributed by atoms with E-state index in [0.29, 0.717) is 17.3 Å². The summed E-state index contributed by atoms with van der Waals surface area (Å²) in [4.78, 5) is 11.2. The van der Waals surface area contributed by atoms with Crippen LogP contribution in [0.5, 0.6) is 0 Å². The Hall–Kier alpha value is -0.610. The first-order valence-corrected chi connectivity index (χ1v) is 10.8. The molecule has 0 amide bonds. The van der Waals surface area contributed by atoms with Gasteiger partial charge in [-0.25, -0.2) is 4.98 Å². The molecule has 2 heterocycles. The lowest BCUT2D eigenvalue weighted by atomic mass is 10.3. The predicted molar refractivity (Wildman–Crippen MR) is 127 cm³/mol. The highest BCUT2D eigenvalue weighted by molar-refractivity contribution is 14.0. The number of hydrogen-bond donors (Lipinski definition) is 2. The second-order valence-electron chi connectivity index (χ2n) is 7.31. The quantitative estimate of drug-likeness (QED) is 0.338. The third-order valence-corrected chi connectivity index (χ3v) is 6.36. The molecule has 2 unspecified atom stereocenters. The molecule has 9 heteroatoms. The molecule has 2 rings (SSSR count). The molecular weight excluding hydrogens is 497 g/mol. The SMILES string of the molecule is CCNC(=NCCS(=O)C(C)(C)C)NC1CCN(c2ncccc2Cl)C1.I. The summed E-state index contributed by atoms with van der Waals surface area (Å²) in [5.41, 5.74) is 0. The second kappa shape index (κ2) is 11.4. The minimum atomic E-state index is -0.889. The average molecular weight is 528 g/mol. The molecule has 0 bridgehead atoms.